The largest absolute Gasteiger partial charge is 0.382 e. The fourth-order valence-corrected chi connectivity index (χ4v) is 5.03. The molecular weight excluding hydrogens is 282 g/mol. The van der Waals surface area contributed by atoms with Gasteiger partial charge in [-0.2, -0.15) is 4.37 Å². The number of nitrogen functional groups attached to an aromatic ring is 1. The van der Waals surface area contributed by atoms with E-state index in [0.717, 1.165) is 12.8 Å². The van der Waals surface area contributed by atoms with Crippen LogP contribution < -0.4 is 10.6 Å². The molecule has 19 heavy (non-hydrogen) atoms. The maximum absolute atomic E-state index is 11.8. The first-order valence-corrected chi connectivity index (χ1v) is 9.15. The average molecular weight is 303 g/mol. The highest BCUT2D eigenvalue weighted by molar-refractivity contribution is 7.91. The van der Waals surface area contributed by atoms with E-state index in [4.69, 9.17) is 5.73 Å². The summed E-state index contributed by atoms with van der Waals surface area (Å²) in [5.74, 6) is 0.811. The molecule has 2 atom stereocenters. The minimum absolute atomic E-state index is 0.123. The van der Waals surface area contributed by atoms with Crippen molar-refractivity contribution in [3.05, 3.63) is 0 Å². The highest BCUT2D eigenvalue weighted by Crippen LogP contribution is 2.38. The van der Waals surface area contributed by atoms with Gasteiger partial charge in [-0.15, -0.1) is 0 Å². The van der Waals surface area contributed by atoms with Gasteiger partial charge in [0.2, 0.25) is 0 Å². The number of aromatic nitrogens is 1. The van der Waals surface area contributed by atoms with Crippen LogP contribution in [0.15, 0.2) is 4.90 Å². The van der Waals surface area contributed by atoms with Crippen LogP contribution in [0.2, 0.25) is 0 Å². The van der Waals surface area contributed by atoms with Gasteiger partial charge in [-0.05, 0) is 30.3 Å². The van der Waals surface area contributed by atoms with Gasteiger partial charge in [0.1, 0.15) is 9.90 Å². The molecule has 1 aromatic rings. The van der Waals surface area contributed by atoms with Gasteiger partial charge in [-0.3, -0.25) is 0 Å². The van der Waals surface area contributed by atoms with E-state index < -0.39 is 9.84 Å². The molecule has 108 valence electrons. The molecule has 1 aliphatic carbocycles. The molecule has 2 rings (SSSR count). The van der Waals surface area contributed by atoms with Crippen molar-refractivity contribution >= 4 is 32.2 Å². The molecule has 0 amide bonds. The fourth-order valence-electron chi connectivity index (χ4n) is 2.78. The van der Waals surface area contributed by atoms with E-state index >= 15 is 0 Å². The van der Waals surface area contributed by atoms with Crippen molar-refractivity contribution < 1.29 is 8.42 Å². The Balaban J connectivity index is 2.32. The van der Waals surface area contributed by atoms with E-state index in [2.05, 4.69) is 16.2 Å². The summed E-state index contributed by atoms with van der Waals surface area (Å²) in [4.78, 5) is 2.25. The van der Waals surface area contributed by atoms with Gasteiger partial charge in [0.25, 0.3) is 0 Å². The van der Waals surface area contributed by atoms with Crippen molar-refractivity contribution in [3.63, 3.8) is 0 Å². The van der Waals surface area contributed by atoms with Crippen LogP contribution in [0.1, 0.15) is 32.6 Å². The summed E-state index contributed by atoms with van der Waals surface area (Å²) in [6.07, 6.45) is 5.83. The Morgan fingerprint density at radius 3 is 2.68 bits per heavy atom. The fraction of sp³-hybridized carbons (Fsp3) is 0.750. The van der Waals surface area contributed by atoms with Crippen LogP contribution in [-0.4, -0.2) is 32.1 Å². The lowest BCUT2D eigenvalue weighted by atomic mass is 9.86. The topological polar surface area (TPSA) is 76.3 Å². The van der Waals surface area contributed by atoms with Crippen molar-refractivity contribution in [2.24, 2.45) is 5.92 Å². The van der Waals surface area contributed by atoms with Gasteiger partial charge in [0, 0.05) is 19.3 Å². The number of anilines is 2. The van der Waals surface area contributed by atoms with E-state index in [1.807, 2.05) is 7.05 Å². The molecule has 0 aliphatic heterocycles. The van der Waals surface area contributed by atoms with Gasteiger partial charge < -0.3 is 10.6 Å². The molecule has 0 saturated heterocycles. The molecule has 2 N–H and O–H groups in total. The van der Waals surface area contributed by atoms with Crippen molar-refractivity contribution in [2.75, 3.05) is 23.9 Å². The zero-order valence-electron chi connectivity index (χ0n) is 11.6. The van der Waals surface area contributed by atoms with Crippen molar-refractivity contribution in [2.45, 2.75) is 43.5 Å². The third-order valence-corrected chi connectivity index (χ3v) is 6.03. The number of sulfone groups is 1. The number of hydrogen-bond donors (Lipinski definition) is 1. The SMILES string of the molecule is CC1CCCC(N(C)c2snc(N)c2S(C)(=O)=O)C1. The monoisotopic (exact) mass is 303 g/mol. The summed E-state index contributed by atoms with van der Waals surface area (Å²) in [6.45, 7) is 2.25. The summed E-state index contributed by atoms with van der Waals surface area (Å²) in [5.41, 5.74) is 5.72. The Bertz CT molecular complexity index is 553. The minimum atomic E-state index is -3.34. The molecule has 5 nitrogen and oxygen atoms in total. The van der Waals surface area contributed by atoms with E-state index in [0.29, 0.717) is 17.0 Å². The number of nitrogens with zero attached hydrogens (tertiary/aromatic N) is 2. The lowest BCUT2D eigenvalue weighted by Crippen LogP contribution is -2.35. The third-order valence-electron chi connectivity index (χ3n) is 3.80. The third kappa shape index (κ3) is 3.02. The molecule has 1 aliphatic rings. The molecule has 0 bridgehead atoms. The van der Waals surface area contributed by atoms with Crippen molar-refractivity contribution in [1.82, 2.24) is 4.37 Å². The maximum Gasteiger partial charge on any atom is 0.182 e. The Kier molecular flexibility index (Phi) is 4.06. The normalized spacial score (nSPS) is 24.4. The molecule has 2 unspecified atom stereocenters. The van der Waals surface area contributed by atoms with Crippen LogP contribution in [0.5, 0.6) is 0 Å². The number of rotatable bonds is 3. The van der Waals surface area contributed by atoms with E-state index in [-0.39, 0.29) is 10.7 Å². The molecule has 0 radical (unpaired) electrons. The highest BCUT2D eigenvalue weighted by Gasteiger charge is 2.29. The quantitative estimate of drug-likeness (QED) is 0.926. The van der Waals surface area contributed by atoms with Crippen LogP contribution in [0.3, 0.4) is 0 Å². The second-order valence-corrected chi connectivity index (χ2v) is 8.22. The number of nitrogens with two attached hydrogens (primary N) is 1. The molecule has 7 heteroatoms. The number of hydrogen-bond acceptors (Lipinski definition) is 6. The van der Waals surface area contributed by atoms with Gasteiger partial charge in [0.15, 0.2) is 15.7 Å². The zero-order chi connectivity index (χ0) is 14.2. The Labute approximate surface area is 118 Å². The second-order valence-electron chi connectivity index (χ2n) is 5.51. The van der Waals surface area contributed by atoms with Crippen molar-refractivity contribution in [3.8, 4) is 0 Å². The summed E-state index contributed by atoms with van der Waals surface area (Å²) < 4.78 is 27.7. The average Bonchev–Trinajstić information content (AvgIpc) is 2.70. The van der Waals surface area contributed by atoms with Gasteiger partial charge in [-0.1, -0.05) is 19.8 Å². The van der Waals surface area contributed by atoms with E-state index in [1.54, 1.807) is 0 Å². The molecule has 1 fully saturated rings. The van der Waals surface area contributed by atoms with E-state index in [1.165, 1.54) is 30.6 Å². The zero-order valence-corrected chi connectivity index (χ0v) is 13.2. The molecule has 0 spiro atoms. The maximum atomic E-state index is 11.8. The standard InChI is InChI=1S/C12H21N3O2S2/c1-8-5-4-6-9(7-8)15(2)12-10(19(3,16)17)11(13)14-18-12/h8-9H,4-7H2,1-3H3,(H2,13,14). The van der Waals surface area contributed by atoms with Crippen LogP contribution in [0.25, 0.3) is 0 Å². The molecule has 0 aromatic carbocycles. The van der Waals surface area contributed by atoms with Gasteiger partial charge in [-0.25, -0.2) is 8.42 Å². The summed E-state index contributed by atoms with van der Waals surface area (Å²) in [5, 5.41) is 0.680. The van der Waals surface area contributed by atoms with Crippen molar-refractivity contribution in [1.29, 1.82) is 0 Å². The predicted molar refractivity (Wildman–Crippen MR) is 79.5 cm³/mol. The van der Waals surface area contributed by atoms with Crippen LogP contribution in [-0.2, 0) is 9.84 Å². The second kappa shape index (κ2) is 5.28. The Morgan fingerprint density at radius 2 is 2.11 bits per heavy atom. The first-order valence-electron chi connectivity index (χ1n) is 6.48. The van der Waals surface area contributed by atoms with Gasteiger partial charge >= 0.3 is 0 Å². The van der Waals surface area contributed by atoms with Crippen LogP contribution >= 0.6 is 11.5 Å². The van der Waals surface area contributed by atoms with Crippen LogP contribution in [0.4, 0.5) is 10.8 Å². The predicted octanol–water partition coefficient (Wildman–Crippen LogP) is 2.14. The highest BCUT2D eigenvalue weighted by atomic mass is 32.2. The minimum Gasteiger partial charge on any atom is -0.382 e. The summed E-state index contributed by atoms with van der Waals surface area (Å²) in [6, 6.07) is 0.379. The van der Waals surface area contributed by atoms with E-state index in [9.17, 15) is 8.42 Å². The summed E-state index contributed by atoms with van der Waals surface area (Å²) in [7, 11) is -1.39. The Hall–Kier alpha value is -0.820. The van der Waals surface area contributed by atoms with Crippen LogP contribution in [0, 0.1) is 5.92 Å². The van der Waals surface area contributed by atoms with Gasteiger partial charge in [0.05, 0.1) is 0 Å². The first-order chi connectivity index (χ1) is 8.80. The summed E-state index contributed by atoms with van der Waals surface area (Å²) >= 11 is 1.18. The molecule has 1 saturated carbocycles. The Morgan fingerprint density at radius 1 is 1.42 bits per heavy atom. The molecule has 1 aromatic heterocycles. The molecule has 1 heterocycles. The first kappa shape index (κ1) is 14.6. The smallest absolute Gasteiger partial charge is 0.182 e. The lowest BCUT2D eigenvalue weighted by Gasteiger charge is -2.34. The molecular formula is C12H21N3O2S2. The lowest BCUT2D eigenvalue weighted by molar-refractivity contribution is 0.336.